The molecule has 0 aliphatic rings. The van der Waals surface area contributed by atoms with Gasteiger partial charge in [0.1, 0.15) is 0 Å². The zero-order valence-corrected chi connectivity index (χ0v) is 10.7. The summed E-state index contributed by atoms with van der Waals surface area (Å²) in [5.74, 6) is 0. The van der Waals surface area contributed by atoms with Gasteiger partial charge in [-0.25, -0.2) is 0 Å². The summed E-state index contributed by atoms with van der Waals surface area (Å²) in [4.78, 5) is 0. The maximum atomic E-state index is 8.34. The van der Waals surface area contributed by atoms with Crippen molar-refractivity contribution in [2.24, 2.45) is 0 Å². The first-order chi connectivity index (χ1) is 6.91. The third-order valence-corrected chi connectivity index (χ3v) is 2.98. The van der Waals surface area contributed by atoms with E-state index in [0.29, 0.717) is 0 Å². The molecule has 2 heteroatoms. The van der Waals surface area contributed by atoms with E-state index in [1.54, 1.807) is 0 Å². The monoisotopic (exact) mass is 259 g/mol. The SMILES string of the molecule is N#CCCCCCCCCCCCBr. The minimum absolute atomic E-state index is 0.741. The van der Waals surface area contributed by atoms with Crippen molar-refractivity contribution in [1.29, 1.82) is 5.26 Å². The average molecular weight is 260 g/mol. The van der Waals surface area contributed by atoms with Crippen LogP contribution in [0.15, 0.2) is 0 Å². The maximum Gasteiger partial charge on any atom is 0.0621 e. The molecule has 0 atom stereocenters. The Labute approximate surface area is 97.0 Å². The van der Waals surface area contributed by atoms with Crippen LogP contribution < -0.4 is 0 Å². The average Bonchev–Trinajstić information content (AvgIpc) is 2.21. The number of nitriles is 1. The topological polar surface area (TPSA) is 23.8 Å². The van der Waals surface area contributed by atoms with Crippen molar-refractivity contribution >= 4 is 15.9 Å². The van der Waals surface area contributed by atoms with Crippen LogP contribution in [0.2, 0.25) is 0 Å². The Morgan fingerprint density at radius 2 is 1.14 bits per heavy atom. The molecule has 0 fully saturated rings. The van der Waals surface area contributed by atoms with Gasteiger partial charge in [0.2, 0.25) is 0 Å². The van der Waals surface area contributed by atoms with E-state index in [4.69, 9.17) is 5.26 Å². The van der Waals surface area contributed by atoms with Gasteiger partial charge < -0.3 is 0 Å². The van der Waals surface area contributed by atoms with Crippen LogP contribution in [0.1, 0.15) is 64.2 Å². The number of halogens is 1. The molecule has 0 aliphatic heterocycles. The summed E-state index contributed by atoms with van der Waals surface area (Å²) in [6.07, 6.45) is 12.6. The second kappa shape index (κ2) is 13.0. The third-order valence-electron chi connectivity index (χ3n) is 2.42. The molecule has 0 saturated carbocycles. The lowest BCUT2D eigenvalue weighted by atomic mass is 10.1. The highest BCUT2D eigenvalue weighted by molar-refractivity contribution is 9.09. The van der Waals surface area contributed by atoms with Crippen molar-refractivity contribution in [3.05, 3.63) is 0 Å². The molecule has 1 nitrogen and oxygen atoms in total. The fourth-order valence-corrected chi connectivity index (χ4v) is 1.93. The number of rotatable bonds is 10. The molecule has 14 heavy (non-hydrogen) atoms. The quantitative estimate of drug-likeness (QED) is 0.408. The molecule has 0 saturated heterocycles. The standard InChI is InChI=1S/C12H22BrN/c13-11-9-7-5-3-1-2-4-6-8-10-12-14/h1-11H2. The molecule has 0 radical (unpaired) electrons. The third kappa shape index (κ3) is 12.0. The smallest absolute Gasteiger partial charge is 0.0621 e. The Morgan fingerprint density at radius 3 is 1.57 bits per heavy atom. The van der Waals surface area contributed by atoms with E-state index in [2.05, 4.69) is 22.0 Å². The van der Waals surface area contributed by atoms with Crippen molar-refractivity contribution in [1.82, 2.24) is 0 Å². The van der Waals surface area contributed by atoms with Gasteiger partial charge in [-0.2, -0.15) is 5.26 Å². The Balaban J connectivity index is 2.82. The fourth-order valence-electron chi connectivity index (χ4n) is 1.54. The zero-order chi connectivity index (χ0) is 10.5. The van der Waals surface area contributed by atoms with E-state index in [-0.39, 0.29) is 0 Å². The Hall–Kier alpha value is -0.0300. The molecule has 0 aromatic rings. The van der Waals surface area contributed by atoms with Crippen molar-refractivity contribution < 1.29 is 0 Å². The normalized spacial score (nSPS) is 10.0. The Morgan fingerprint density at radius 1 is 0.714 bits per heavy atom. The van der Waals surface area contributed by atoms with Crippen LogP contribution in [-0.4, -0.2) is 5.33 Å². The second-order valence-electron chi connectivity index (χ2n) is 3.78. The summed E-state index contributed by atoms with van der Waals surface area (Å²) in [7, 11) is 0. The molecule has 0 aliphatic carbocycles. The number of hydrogen-bond acceptors (Lipinski definition) is 1. The molecular formula is C12H22BrN. The van der Waals surface area contributed by atoms with Gasteiger partial charge >= 0.3 is 0 Å². The van der Waals surface area contributed by atoms with E-state index >= 15 is 0 Å². The van der Waals surface area contributed by atoms with Gasteiger partial charge in [-0.3, -0.25) is 0 Å². The van der Waals surface area contributed by atoms with E-state index < -0.39 is 0 Å². The molecule has 0 bridgehead atoms. The minimum Gasteiger partial charge on any atom is -0.198 e. The van der Waals surface area contributed by atoms with Crippen LogP contribution in [0.25, 0.3) is 0 Å². The predicted molar refractivity (Wildman–Crippen MR) is 65.6 cm³/mol. The highest BCUT2D eigenvalue weighted by atomic mass is 79.9. The summed E-state index contributed by atoms with van der Waals surface area (Å²) >= 11 is 3.44. The molecular weight excluding hydrogens is 238 g/mol. The summed E-state index contributed by atoms with van der Waals surface area (Å²) in [6, 6.07) is 2.19. The maximum absolute atomic E-state index is 8.34. The van der Waals surface area contributed by atoms with Gasteiger partial charge in [0, 0.05) is 11.8 Å². The molecule has 0 spiro atoms. The number of alkyl halides is 1. The van der Waals surface area contributed by atoms with Gasteiger partial charge in [-0.1, -0.05) is 60.9 Å². The number of hydrogen-bond donors (Lipinski definition) is 0. The highest BCUT2D eigenvalue weighted by Gasteiger charge is 1.91. The van der Waals surface area contributed by atoms with Crippen molar-refractivity contribution in [2.75, 3.05) is 5.33 Å². The first-order valence-electron chi connectivity index (χ1n) is 5.84. The van der Waals surface area contributed by atoms with Crippen LogP contribution in [0.3, 0.4) is 0 Å². The molecule has 0 amide bonds. The summed E-state index contributed by atoms with van der Waals surface area (Å²) in [5, 5.41) is 9.49. The number of nitrogens with zero attached hydrogens (tertiary/aromatic N) is 1. The zero-order valence-electron chi connectivity index (χ0n) is 9.10. The van der Waals surface area contributed by atoms with Gasteiger partial charge in [-0.15, -0.1) is 0 Å². The van der Waals surface area contributed by atoms with Gasteiger partial charge in [0.05, 0.1) is 6.07 Å². The molecule has 0 aromatic carbocycles. The highest BCUT2D eigenvalue weighted by Crippen LogP contribution is 2.10. The van der Waals surface area contributed by atoms with Crippen molar-refractivity contribution in [3.8, 4) is 6.07 Å². The van der Waals surface area contributed by atoms with E-state index in [1.807, 2.05) is 0 Å². The van der Waals surface area contributed by atoms with E-state index in [9.17, 15) is 0 Å². The van der Waals surface area contributed by atoms with Crippen LogP contribution in [0, 0.1) is 11.3 Å². The van der Waals surface area contributed by atoms with E-state index in [1.165, 1.54) is 51.4 Å². The second-order valence-corrected chi connectivity index (χ2v) is 4.57. The molecule has 0 N–H and O–H groups in total. The summed E-state index contributed by atoms with van der Waals surface area (Å²) in [5.41, 5.74) is 0. The molecule has 82 valence electrons. The van der Waals surface area contributed by atoms with Gasteiger partial charge in [0.15, 0.2) is 0 Å². The first-order valence-corrected chi connectivity index (χ1v) is 6.97. The molecule has 0 aromatic heterocycles. The molecule has 0 heterocycles. The van der Waals surface area contributed by atoms with Crippen LogP contribution in [0.4, 0.5) is 0 Å². The summed E-state index contributed by atoms with van der Waals surface area (Å²) < 4.78 is 0. The van der Waals surface area contributed by atoms with Crippen molar-refractivity contribution in [3.63, 3.8) is 0 Å². The van der Waals surface area contributed by atoms with E-state index in [0.717, 1.165) is 18.2 Å². The molecule has 0 rings (SSSR count). The lowest BCUT2D eigenvalue weighted by Gasteiger charge is -2.00. The van der Waals surface area contributed by atoms with Crippen molar-refractivity contribution in [2.45, 2.75) is 64.2 Å². The first kappa shape index (κ1) is 14.0. The Bertz CT molecular complexity index is 140. The van der Waals surface area contributed by atoms with Crippen LogP contribution >= 0.6 is 15.9 Å². The predicted octanol–water partition coefficient (Wildman–Crippen LogP) is 4.81. The van der Waals surface area contributed by atoms with Gasteiger partial charge in [-0.05, 0) is 12.8 Å². The van der Waals surface area contributed by atoms with Crippen LogP contribution in [0.5, 0.6) is 0 Å². The fraction of sp³-hybridized carbons (Fsp3) is 0.917. The Kier molecular flexibility index (Phi) is 12.9. The lowest BCUT2D eigenvalue weighted by molar-refractivity contribution is 0.568. The van der Waals surface area contributed by atoms with Crippen LogP contribution in [-0.2, 0) is 0 Å². The summed E-state index contributed by atoms with van der Waals surface area (Å²) in [6.45, 7) is 0. The van der Waals surface area contributed by atoms with Gasteiger partial charge in [0.25, 0.3) is 0 Å². The molecule has 0 unspecified atom stereocenters. The number of unbranched alkanes of at least 4 members (excludes halogenated alkanes) is 9. The minimum atomic E-state index is 0.741. The largest absolute Gasteiger partial charge is 0.198 e. The lowest BCUT2D eigenvalue weighted by Crippen LogP contribution is -1.82.